The van der Waals surface area contributed by atoms with Crippen LogP contribution in [0.4, 0.5) is 0 Å². The highest BCUT2D eigenvalue weighted by Crippen LogP contribution is 2.38. The molecule has 1 saturated heterocycles. The minimum atomic E-state index is 0.136. The van der Waals surface area contributed by atoms with Crippen LogP contribution < -0.4 is 0 Å². The van der Waals surface area contributed by atoms with Gasteiger partial charge in [-0.3, -0.25) is 4.79 Å². The first-order valence-electron chi connectivity index (χ1n) is 7.29. The summed E-state index contributed by atoms with van der Waals surface area (Å²) in [5, 5.41) is 0. The Bertz CT molecular complexity index is 510. The lowest BCUT2D eigenvalue weighted by atomic mass is 9.95. The minimum Gasteiger partial charge on any atom is -0.379 e. The van der Waals surface area contributed by atoms with Crippen LogP contribution in [0.1, 0.15) is 42.7 Å². The smallest absolute Gasteiger partial charge is 0.270 e. The molecular weight excluding hydrogens is 320 g/mol. The minimum absolute atomic E-state index is 0.136. The van der Waals surface area contributed by atoms with E-state index in [1.807, 2.05) is 17.2 Å². The molecule has 1 amide bonds. The van der Waals surface area contributed by atoms with Crippen LogP contribution in [-0.4, -0.2) is 41.7 Å². The van der Waals surface area contributed by atoms with Crippen molar-refractivity contribution in [1.82, 2.24) is 9.47 Å². The van der Waals surface area contributed by atoms with E-state index in [0.29, 0.717) is 18.5 Å². The maximum Gasteiger partial charge on any atom is 0.270 e. The lowest BCUT2D eigenvalue weighted by molar-refractivity contribution is -0.00194. The number of halogens is 1. The molecule has 110 valence electrons. The lowest BCUT2D eigenvalue weighted by Crippen LogP contribution is -2.47. The molecule has 0 bridgehead atoms. The molecule has 4 nitrogen and oxygen atoms in total. The standard InChI is InChI=1S/C15H21BrN2O2/c1-10-5-6-17(9-14(10)20-2)15(19)13-7-11(16)8-18(13)12-3-4-12/h7-8,10,12,14H,3-6,9H2,1-2H3. The summed E-state index contributed by atoms with van der Waals surface area (Å²) in [6.07, 6.45) is 5.56. The summed E-state index contributed by atoms with van der Waals surface area (Å²) >= 11 is 3.49. The maximum atomic E-state index is 12.8. The first-order chi connectivity index (χ1) is 9.60. The normalized spacial score (nSPS) is 26.9. The fourth-order valence-electron chi connectivity index (χ4n) is 2.96. The molecule has 1 aliphatic carbocycles. The van der Waals surface area contributed by atoms with E-state index in [-0.39, 0.29) is 12.0 Å². The van der Waals surface area contributed by atoms with Gasteiger partial charge in [-0.1, -0.05) is 6.92 Å². The number of methoxy groups -OCH3 is 1. The number of carbonyl (C=O) groups is 1. The first-order valence-corrected chi connectivity index (χ1v) is 8.09. The quantitative estimate of drug-likeness (QED) is 0.847. The van der Waals surface area contributed by atoms with E-state index >= 15 is 0 Å². The average Bonchev–Trinajstić information content (AvgIpc) is 3.21. The van der Waals surface area contributed by atoms with Gasteiger partial charge in [-0.15, -0.1) is 0 Å². The summed E-state index contributed by atoms with van der Waals surface area (Å²) in [5.41, 5.74) is 0.809. The molecule has 1 aromatic rings. The van der Waals surface area contributed by atoms with Crippen molar-refractivity contribution in [2.24, 2.45) is 5.92 Å². The Labute approximate surface area is 128 Å². The number of hydrogen-bond donors (Lipinski definition) is 0. The van der Waals surface area contributed by atoms with Crippen molar-refractivity contribution >= 4 is 21.8 Å². The third-order valence-electron chi connectivity index (χ3n) is 4.45. The van der Waals surface area contributed by atoms with Crippen LogP contribution in [0.15, 0.2) is 16.7 Å². The van der Waals surface area contributed by atoms with Crippen LogP contribution in [0.3, 0.4) is 0 Å². The predicted octanol–water partition coefficient (Wildman–Crippen LogP) is 3.08. The predicted molar refractivity (Wildman–Crippen MR) is 80.9 cm³/mol. The fraction of sp³-hybridized carbons (Fsp3) is 0.667. The Morgan fingerprint density at radius 1 is 1.40 bits per heavy atom. The van der Waals surface area contributed by atoms with Crippen molar-refractivity contribution in [1.29, 1.82) is 0 Å². The molecule has 5 heteroatoms. The highest BCUT2D eigenvalue weighted by atomic mass is 79.9. The molecule has 2 fully saturated rings. The van der Waals surface area contributed by atoms with Crippen LogP contribution in [0.25, 0.3) is 0 Å². The Balaban J connectivity index is 1.78. The summed E-state index contributed by atoms with van der Waals surface area (Å²) in [6.45, 7) is 3.72. The molecule has 1 saturated carbocycles. The summed E-state index contributed by atoms with van der Waals surface area (Å²) in [5.74, 6) is 0.655. The number of ether oxygens (including phenoxy) is 1. The Morgan fingerprint density at radius 3 is 2.80 bits per heavy atom. The van der Waals surface area contributed by atoms with Crippen LogP contribution in [0, 0.1) is 5.92 Å². The van der Waals surface area contributed by atoms with Crippen molar-refractivity contribution < 1.29 is 9.53 Å². The second kappa shape index (κ2) is 5.53. The van der Waals surface area contributed by atoms with Crippen molar-refractivity contribution in [3.63, 3.8) is 0 Å². The zero-order valence-electron chi connectivity index (χ0n) is 12.0. The van der Waals surface area contributed by atoms with Gasteiger partial charge in [0, 0.05) is 36.9 Å². The summed E-state index contributed by atoms with van der Waals surface area (Å²) in [4.78, 5) is 14.7. The van der Waals surface area contributed by atoms with Crippen molar-refractivity contribution in [3.05, 3.63) is 22.4 Å². The molecule has 1 aromatic heterocycles. The SMILES string of the molecule is COC1CN(C(=O)c2cc(Br)cn2C2CC2)CCC1C. The van der Waals surface area contributed by atoms with Gasteiger partial charge in [0.15, 0.2) is 0 Å². The average molecular weight is 341 g/mol. The van der Waals surface area contributed by atoms with Crippen LogP contribution in [0.2, 0.25) is 0 Å². The number of aromatic nitrogens is 1. The molecule has 0 aromatic carbocycles. The van der Waals surface area contributed by atoms with Gasteiger partial charge in [0.2, 0.25) is 0 Å². The number of carbonyl (C=O) groups excluding carboxylic acids is 1. The second-order valence-electron chi connectivity index (χ2n) is 5.97. The molecule has 20 heavy (non-hydrogen) atoms. The molecule has 2 atom stereocenters. The van der Waals surface area contributed by atoms with Crippen LogP contribution >= 0.6 is 15.9 Å². The van der Waals surface area contributed by atoms with Crippen LogP contribution in [0.5, 0.6) is 0 Å². The van der Waals surface area contributed by atoms with Crippen LogP contribution in [-0.2, 0) is 4.74 Å². The van der Waals surface area contributed by atoms with Crippen molar-refractivity contribution in [3.8, 4) is 0 Å². The van der Waals surface area contributed by atoms with Gasteiger partial charge in [-0.2, -0.15) is 0 Å². The zero-order chi connectivity index (χ0) is 14.3. The summed E-state index contributed by atoms with van der Waals surface area (Å²) in [6, 6.07) is 2.46. The van der Waals surface area contributed by atoms with Gasteiger partial charge in [-0.05, 0) is 47.2 Å². The topological polar surface area (TPSA) is 34.5 Å². The summed E-state index contributed by atoms with van der Waals surface area (Å²) < 4.78 is 8.62. The Hall–Kier alpha value is -0.810. The molecule has 2 unspecified atom stereocenters. The van der Waals surface area contributed by atoms with Crippen molar-refractivity contribution in [2.75, 3.05) is 20.2 Å². The van der Waals surface area contributed by atoms with Gasteiger partial charge in [-0.25, -0.2) is 0 Å². The molecular formula is C15H21BrN2O2. The largest absolute Gasteiger partial charge is 0.379 e. The number of amides is 1. The van der Waals surface area contributed by atoms with E-state index < -0.39 is 0 Å². The van der Waals surface area contributed by atoms with E-state index in [2.05, 4.69) is 27.4 Å². The van der Waals surface area contributed by atoms with E-state index in [9.17, 15) is 4.79 Å². The number of piperidine rings is 1. The van der Waals surface area contributed by atoms with E-state index in [0.717, 1.165) is 23.1 Å². The number of nitrogens with zero attached hydrogens (tertiary/aromatic N) is 2. The van der Waals surface area contributed by atoms with Crippen molar-refractivity contribution in [2.45, 2.75) is 38.3 Å². The molecule has 1 aliphatic heterocycles. The molecule has 0 radical (unpaired) electrons. The third-order valence-corrected chi connectivity index (χ3v) is 4.89. The van der Waals surface area contributed by atoms with E-state index in [1.165, 1.54) is 12.8 Å². The zero-order valence-corrected chi connectivity index (χ0v) is 13.6. The van der Waals surface area contributed by atoms with Gasteiger partial charge < -0.3 is 14.2 Å². The second-order valence-corrected chi connectivity index (χ2v) is 6.89. The number of hydrogen-bond acceptors (Lipinski definition) is 2. The molecule has 0 N–H and O–H groups in total. The van der Waals surface area contributed by atoms with Gasteiger partial charge in [0.05, 0.1) is 6.10 Å². The Morgan fingerprint density at radius 2 is 2.15 bits per heavy atom. The molecule has 2 aliphatic rings. The maximum absolute atomic E-state index is 12.8. The van der Waals surface area contributed by atoms with Gasteiger partial charge in [0.1, 0.15) is 5.69 Å². The monoisotopic (exact) mass is 340 g/mol. The molecule has 2 heterocycles. The lowest BCUT2D eigenvalue weighted by Gasteiger charge is -2.36. The van der Waals surface area contributed by atoms with Gasteiger partial charge >= 0.3 is 0 Å². The number of rotatable bonds is 3. The molecule has 0 spiro atoms. The molecule has 3 rings (SSSR count). The fourth-order valence-corrected chi connectivity index (χ4v) is 3.40. The highest BCUT2D eigenvalue weighted by Gasteiger charge is 2.33. The summed E-state index contributed by atoms with van der Waals surface area (Å²) in [7, 11) is 1.73. The van der Waals surface area contributed by atoms with E-state index in [1.54, 1.807) is 7.11 Å². The van der Waals surface area contributed by atoms with E-state index in [4.69, 9.17) is 4.74 Å². The Kier molecular flexibility index (Phi) is 3.91. The number of likely N-dealkylation sites (tertiary alicyclic amines) is 1. The van der Waals surface area contributed by atoms with Gasteiger partial charge in [0.25, 0.3) is 5.91 Å². The third kappa shape index (κ3) is 2.66. The first kappa shape index (κ1) is 14.1. The highest BCUT2D eigenvalue weighted by molar-refractivity contribution is 9.10.